The molecular weight excluding hydrogens is 226 g/mol. The normalized spacial score (nSPS) is 10.3. The number of benzene rings is 1. The largest absolute Gasteiger partial charge is 0.478 e. The molecule has 5 nitrogen and oxygen atoms in total. The summed E-state index contributed by atoms with van der Waals surface area (Å²) in [5.74, 6) is -0.917. The standard InChI is InChI=1S/C10H9N3O2S/c1-6-4-7(9(14)15)2-3-8(6)16-10-11-5-12-13-10/h2-5H,1H3,(H,14,15)(H,11,12,13). The number of H-pyrrole nitrogens is 1. The first-order valence-corrected chi connectivity index (χ1v) is 5.35. The average molecular weight is 235 g/mol. The van der Waals surface area contributed by atoms with E-state index in [0.29, 0.717) is 10.7 Å². The molecule has 0 bridgehead atoms. The fourth-order valence-corrected chi connectivity index (χ4v) is 2.01. The summed E-state index contributed by atoms with van der Waals surface area (Å²) in [6.07, 6.45) is 1.43. The summed E-state index contributed by atoms with van der Waals surface area (Å²) in [6, 6.07) is 4.99. The smallest absolute Gasteiger partial charge is 0.335 e. The van der Waals surface area contributed by atoms with Crippen LogP contribution in [0, 0.1) is 6.92 Å². The summed E-state index contributed by atoms with van der Waals surface area (Å²) in [6.45, 7) is 1.87. The first kappa shape index (κ1) is 10.7. The highest BCUT2D eigenvalue weighted by atomic mass is 32.2. The van der Waals surface area contributed by atoms with E-state index in [2.05, 4.69) is 15.2 Å². The lowest BCUT2D eigenvalue weighted by Crippen LogP contribution is -1.96. The Kier molecular flexibility index (Phi) is 2.91. The van der Waals surface area contributed by atoms with Gasteiger partial charge in [0.15, 0.2) is 5.16 Å². The average Bonchev–Trinajstić information content (AvgIpc) is 2.73. The maximum absolute atomic E-state index is 10.7. The molecule has 6 heteroatoms. The Morgan fingerprint density at radius 2 is 2.31 bits per heavy atom. The number of nitrogens with zero attached hydrogens (tertiary/aromatic N) is 2. The second kappa shape index (κ2) is 4.36. The van der Waals surface area contributed by atoms with Crippen molar-refractivity contribution in [3.05, 3.63) is 35.7 Å². The molecule has 0 unspecified atom stereocenters. The van der Waals surface area contributed by atoms with Gasteiger partial charge in [-0.2, -0.15) is 5.10 Å². The summed E-state index contributed by atoms with van der Waals surface area (Å²) in [5, 5.41) is 16.0. The summed E-state index contributed by atoms with van der Waals surface area (Å²) in [5.41, 5.74) is 1.20. The number of rotatable bonds is 3. The van der Waals surface area contributed by atoms with E-state index < -0.39 is 5.97 Å². The van der Waals surface area contributed by atoms with Crippen LogP contribution in [-0.2, 0) is 0 Å². The Labute approximate surface area is 95.9 Å². The van der Waals surface area contributed by atoms with Crippen molar-refractivity contribution in [2.75, 3.05) is 0 Å². The first-order chi connectivity index (χ1) is 7.66. The molecule has 0 aliphatic heterocycles. The third-order valence-electron chi connectivity index (χ3n) is 2.02. The highest BCUT2D eigenvalue weighted by Crippen LogP contribution is 2.27. The Morgan fingerprint density at radius 1 is 1.50 bits per heavy atom. The number of hydrogen-bond donors (Lipinski definition) is 2. The SMILES string of the molecule is Cc1cc(C(=O)O)ccc1Sc1ncn[nH]1. The van der Waals surface area contributed by atoms with Crippen molar-refractivity contribution in [3.8, 4) is 0 Å². The van der Waals surface area contributed by atoms with Gasteiger partial charge in [-0.3, -0.25) is 5.10 Å². The van der Waals surface area contributed by atoms with Crippen LogP contribution in [0.5, 0.6) is 0 Å². The number of hydrogen-bond acceptors (Lipinski definition) is 4. The van der Waals surface area contributed by atoms with Gasteiger partial charge < -0.3 is 5.11 Å². The molecule has 1 heterocycles. The van der Waals surface area contributed by atoms with Crippen LogP contribution in [0.25, 0.3) is 0 Å². The highest BCUT2D eigenvalue weighted by Gasteiger charge is 2.07. The molecule has 82 valence electrons. The lowest BCUT2D eigenvalue weighted by Gasteiger charge is -2.03. The molecular formula is C10H9N3O2S. The zero-order valence-electron chi connectivity index (χ0n) is 8.47. The fraction of sp³-hybridized carbons (Fsp3) is 0.100. The summed E-state index contributed by atoms with van der Waals surface area (Å²) in [4.78, 5) is 15.7. The van der Waals surface area contributed by atoms with E-state index in [1.807, 2.05) is 6.92 Å². The number of carboxylic acids is 1. The lowest BCUT2D eigenvalue weighted by atomic mass is 10.1. The minimum atomic E-state index is -0.917. The molecule has 2 aromatic rings. The second-order valence-corrected chi connectivity index (χ2v) is 4.21. The van der Waals surface area contributed by atoms with E-state index in [1.165, 1.54) is 18.1 Å². The minimum Gasteiger partial charge on any atom is -0.478 e. The number of carbonyl (C=O) groups is 1. The van der Waals surface area contributed by atoms with Crippen LogP contribution < -0.4 is 0 Å². The van der Waals surface area contributed by atoms with Gasteiger partial charge in [-0.25, -0.2) is 9.78 Å². The maximum atomic E-state index is 10.7. The number of nitrogens with one attached hydrogen (secondary N) is 1. The van der Waals surface area contributed by atoms with Crippen LogP contribution in [0.4, 0.5) is 0 Å². The van der Waals surface area contributed by atoms with E-state index in [-0.39, 0.29) is 0 Å². The molecule has 0 amide bonds. The molecule has 2 N–H and O–H groups in total. The van der Waals surface area contributed by atoms with Crippen LogP contribution in [0.2, 0.25) is 0 Å². The van der Waals surface area contributed by atoms with Crippen LogP contribution in [0.1, 0.15) is 15.9 Å². The van der Waals surface area contributed by atoms with E-state index >= 15 is 0 Å². The number of carboxylic acid groups (broad SMARTS) is 1. The predicted molar refractivity (Wildman–Crippen MR) is 58.6 cm³/mol. The van der Waals surface area contributed by atoms with Gasteiger partial charge in [0.2, 0.25) is 0 Å². The van der Waals surface area contributed by atoms with Gasteiger partial charge in [0, 0.05) is 4.90 Å². The summed E-state index contributed by atoms with van der Waals surface area (Å²) in [7, 11) is 0. The van der Waals surface area contributed by atoms with Gasteiger partial charge in [-0.05, 0) is 30.7 Å². The van der Waals surface area contributed by atoms with Gasteiger partial charge in [-0.15, -0.1) is 0 Å². The lowest BCUT2D eigenvalue weighted by molar-refractivity contribution is 0.0696. The number of aromatic amines is 1. The van der Waals surface area contributed by atoms with Crippen molar-refractivity contribution in [3.63, 3.8) is 0 Å². The summed E-state index contributed by atoms with van der Waals surface area (Å²) < 4.78 is 0. The molecule has 0 saturated carbocycles. The highest BCUT2D eigenvalue weighted by molar-refractivity contribution is 7.99. The zero-order chi connectivity index (χ0) is 11.5. The first-order valence-electron chi connectivity index (χ1n) is 4.54. The van der Waals surface area contributed by atoms with Gasteiger partial charge in [0.25, 0.3) is 0 Å². The Balaban J connectivity index is 2.26. The molecule has 0 saturated heterocycles. The molecule has 0 radical (unpaired) electrons. The number of aromatic nitrogens is 3. The minimum absolute atomic E-state index is 0.291. The van der Waals surface area contributed by atoms with Crippen LogP contribution in [0.15, 0.2) is 34.6 Å². The van der Waals surface area contributed by atoms with E-state index in [0.717, 1.165) is 10.5 Å². The molecule has 1 aromatic carbocycles. The van der Waals surface area contributed by atoms with Crippen molar-refractivity contribution in [2.45, 2.75) is 17.0 Å². The maximum Gasteiger partial charge on any atom is 0.335 e. The van der Waals surface area contributed by atoms with Gasteiger partial charge in [-0.1, -0.05) is 11.8 Å². The monoisotopic (exact) mass is 235 g/mol. The van der Waals surface area contributed by atoms with Crippen molar-refractivity contribution >= 4 is 17.7 Å². The van der Waals surface area contributed by atoms with Crippen LogP contribution >= 0.6 is 11.8 Å². The molecule has 0 aliphatic carbocycles. The quantitative estimate of drug-likeness (QED) is 0.850. The summed E-state index contributed by atoms with van der Waals surface area (Å²) >= 11 is 1.42. The van der Waals surface area contributed by atoms with Crippen molar-refractivity contribution in [1.29, 1.82) is 0 Å². The second-order valence-electron chi connectivity index (χ2n) is 3.18. The fourth-order valence-electron chi connectivity index (χ4n) is 1.24. The zero-order valence-corrected chi connectivity index (χ0v) is 9.28. The van der Waals surface area contributed by atoms with Crippen LogP contribution in [0.3, 0.4) is 0 Å². The van der Waals surface area contributed by atoms with Gasteiger partial charge in [0.1, 0.15) is 6.33 Å². The third kappa shape index (κ3) is 2.22. The van der Waals surface area contributed by atoms with Gasteiger partial charge >= 0.3 is 5.97 Å². The third-order valence-corrected chi connectivity index (χ3v) is 3.09. The molecule has 2 rings (SSSR count). The Hall–Kier alpha value is -1.82. The van der Waals surface area contributed by atoms with E-state index in [1.54, 1.807) is 18.2 Å². The predicted octanol–water partition coefficient (Wildman–Crippen LogP) is 1.96. The molecule has 0 atom stereocenters. The molecule has 0 aliphatic rings. The van der Waals surface area contributed by atoms with Crippen LogP contribution in [-0.4, -0.2) is 26.3 Å². The molecule has 0 fully saturated rings. The topological polar surface area (TPSA) is 78.9 Å². The molecule has 0 spiro atoms. The van der Waals surface area contributed by atoms with Gasteiger partial charge in [0.05, 0.1) is 5.56 Å². The molecule has 1 aromatic heterocycles. The van der Waals surface area contributed by atoms with Crippen molar-refractivity contribution in [2.24, 2.45) is 0 Å². The van der Waals surface area contributed by atoms with E-state index in [4.69, 9.17) is 5.11 Å². The Morgan fingerprint density at radius 3 is 2.88 bits per heavy atom. The number of aromatic carboxylic acids is 1. The number of aryl methyl sites for hydroxylation is 1. The Bertz CT molecular complexity index is 511. The van der Waals surface area contributed by atoms with Crippen molar-refractivity contribution in [1.82, 2.24) is 15.2 Å². The van der Waals surface area contributed by atoms with Crippen molar-refractivity contribution < 1.29 is 9.90 Å². The molecule has 16 heavy (non-hydrogen) atoms. The van der Waals surface area contributed by atoms with E-state index in [9.17, 15) is 4.79 Å².